The number of hydrogen-bond acceptors (Lipinski definition) is 3. The second-order valence-corrected chi connectivity index (χ2v) is 0.977. The molecule has 0 saturated carbocycles. The van der Waals surface area contributed by atoms with Crippen molar-refractivity contribution >= 4 is 17.9 Å². The molecule has 0 unspecified atom stereocenters. The summed E-state index contributed by atoms with van der Waals surface area (Å²) in [6.45, 7) is 3.05. The molecule has 0 N–H and O–H groups in total. The van der Waals surface area contributed by atoms with Crippen LogP contribution in [0.3, 0.4) is 0 Å². The van der Waals surface area contributed by atoms with E-state index >= 15 is 0 Å². The van der Waals surface area contributed by atoms with Crippen molar-refractivity contribution < 1.29 is 13.2 Å². The van der Waals surface area contributed by atoms with Crippen LogP contribution < -0.4 is 0 Å². The van der Waals surface area contributed by atoms with Crippen LogP contribution in [0.5, 0.6) is 0 Å². The maximum absolute atomic E-state index is 9.85. The van der Waals surface area contributed by atoms with E-state index in [1.807, 2.05) is 0 Å². The molecule has 4 heteroatoms. The van der Waals surface area contributed by atoms with Crippen molar-refractivity contribution in [3.05, 3.63) is 12.7 Å². The average Bonchev–Trinajstić information content (AvgIpc) is 1.68. The fourth-order valence-electron chi connectivity index (χ4n) is 0.0676. The highest BCUT2D eigenvalue weighted by Crippen LogP contribution is 1.72. The van der Waals surface area contributed by atoms with E-state index in [0.717, 1.165) is 6.08 Å². The van der Waals surface area contributed by atoms with Gasteiger partial charge in [0.2, 0.25) is 0 Å². The molecule has 0 aliphatic rings. The largest absolute Gasteiger partial charge is 0.762 e. The van der Waals surface area contributed by atoms with Gasteiger partial charge in [0.1, 0.15) is 0 Å². The van der Waals surface area contributed by atoms with Gasteiger partial charge in [0.15, 0.2) is 0 Å². The van der Waals surface area contributed by atoms with Gasteiger partial charge < -0.3 is 0 Å². The molecule has 0 amide bonds. The molecule has 0 aromatic carbocycles. The first-order chi connectivity index (χ1) is 3.31. The minimum absolute atomic E-state index is 0.236. The van der Waals surface area contributed by atoms with Crippen molar-refractivity contribution in [3.8, 4) is 0 Å². The highest BCUT2D eigenvalue weighted by Gasteiger charge is 2.04. The Morgan fingerprint density at radius 3 is 2.57 bits per heavy atom. The normalized spacial score (nSPS) is 6.86. The third-order valence-electron chi connectivity index (χ3n) is 0.283. The number of hydrogen-bond donors (Lipinski definition) is 0. The van der Waals surface area contributed by atoms with Crippen LogP contribution in [0.1, 0.15) is 0 Å². The fraction of sp³-hybridized carbons (Fsp3) is 0. The van der Waals surface area contributed by atoms with Crippen molar-refractivity contribution in [3.63, 3.8) is 0 Å². The Morgan fingerprint density at radius 1 is 1.86 bits per heavy atom. The summed E-state index contributed by atoms with van der Waals surface area (Å²) in [7, 11) is 0. The number of carbonyl (C=O) groups is 1. The van der Waals surface area contributed by atoms with Crippen molar-refractivity contribution in [2.75, 3.05) is 0 Å². The maximum atomic E-state index is 9.85. The molecule has 0 aromatic rings. The van der Waals surface area contributed by atoms with E-state index < -0.39 is 5.97 Å². The molecular weight excluding hydrogens is 116 g/mol. The Bertz CT molecular complexity index is 98.4. The van der Waals surface area contributed by atoms with Gasteiger partial charge in [-0.25, -0.2) is 4.79 Å². The molecule has 0 saturated heterocycles. The molecule has 0 atom stereocenters. The van der Waals surface area contributed by atoms with Crippen LogP contribution in [-0.2, 0) is 25.1 Å². The summed E-state index contributed by atoms with van der Waals surface area (Å²) in [5, 5.41) is 0. The Morgan fingerprint density at radius 2 is 2.43 bits per heavy atom. The summed E-state index contributed by atoms with van der Waals surface area (Å²) in [4.78, 5) is 9.85. The lowest BCUT2D eigenvalue weighted by Gasteiger charge is -1.65. The van der Waals surface area contributed by atoms with E-state index in [9.17, 15) is 9.00 Å². The van der Waals surface area contributed by atoms with E-state index in [0.29, 0.717) is 0 Å². The standard InChI is InChI=1S/C3H3O3S/c1-2-3(4)6-7-5/h2H,1H2/q+1. The predicted molar refractivity (Wildman–Crippen MR) is 24.3 cm³/mol. The van der Waals surface area contributed by atoms with Crippen LogP contribution in [-0.4, -0.2) is 5.97 Å². The minimum Gasteiger partial charge on any atom is -0.240 e. The Kier molecular flexibility index (Phi) is 3.04. The van der Waals surface area contributed by atoms with Gasteiger partial charge in [-0.2, -0.15) is 0 Å². The van der Waals surface area contributed by atoms with Crippen LogP contribution in [0.25, 0.3) is 0 Å². The summed E-state index contributed by atoms with van der Waals surface area (Å²) in [5.41, 5.74) is 0. The molecule has 3 nitrogen and oxygen atoms in total. The van der Waals surface area contributed by atoms with Gasteiger partial charge in [-0.1, -0.05) is 6.58 Å². The molecule has 0 rings (SSSR count). The lowest BCUT2D eigenvalue weighted by molar-refractivity contribution is -0.127. The van der Waals surface area contributed by atoms with E-state index in [-0.39, 0.29) is 11.9 Å². The molecule has 0 spiro atoms. The summed E-state index contributed by atoms with van der Waals surface area (Å²) in [5.74, 6) is -0.708. The molecule has 0 aromatic heterocycles. The molecule has 0 radical (unpaired) electrons. The van der Waals surface area contributed by atoms with Crippen LogP contribution >= 0.6 is 0 Å². The molecule has 7 heavy (non-hydrogen) atoms. The highest BCUT2D eigenvalue weighted by atomic mass is 32.2. The maximum Gasteiger partial charge on any atom is 0.762 e. The SMILES string of the molecule is C=CC(=O)O[S+]=O. The van der Waals surface area contributed by atoms with Gasteiger partial charge in [-0.05, 0) is 0 Å². The summed E-state index contributed by atoms with van der Waals surface area (Å²) < 4.78 is 13.1. The molecule has 0 aliphatic carbocycles. The van der Waals surface area contributed by atoms with Crippen molar-refractivity contribution in [1.29, 1.82) is 0 Å². The zero-order valence-corrected chi connectivity index (χ0v) is 4.23. The topological polar surface area (TPSA) is 43.4 Å². The van der Waals surface area contributed by atoms with Crippen molar-refractivity contribution in [1.82, 2.24) is 0 Å². The summed E-state index contributed by atoms with van der Waals surface area (Å²) in [6, 6.07) is 0. The van der Waals surface area contributed by atoms with Crippen LogP contribution in [0.2, 0.25) is 0 Å². The number of rotatable bonds is 2. The van der Waals surface area contributed by atoms with Crippen molar-refractivity contribution in [2.45, 2.75) is 0 Å². The molecule has 38 valence electrons. The lowest BCUT2D eigenvalue weighted by Crippen LogP contribution is -1.92. The van der Waals surface area contributed by atoms with E-state index in [1.54, 1.807) is 0 Å². The minimum atomic E-state index is -0.708. The Balaban J connectivity index is 3.36. The van der Waals surface area contributed by atoms with Crippen LogP contribution in [0, 0.1) is 0 Å². The zero-order valence-electron chi connectivity index (χ0n) is 3.42. The fourth-order valence-corrected chi connectivity index (χ4v) is 0.203. The van der Waals surface area contributed by atoms with Crippen LogP contribution in [0.15, 0.2) is 12.7 Å². The second kappa shape index (κ2) is 3.42. The van der Waals surface area contributed by atoms with Gasteiger partial charge in [0, 0.05) is 6.08 Å². The van der Waals surface area contributed by atoms with Gasteiger partial charge in [0.05, 0.1) is 4.21 Å². The van der Waals surface area contributed by atoms with E-state index in [4.69, 9.17) is 0 Å². The van der Waals surface area contributed by atoms with Crippen LogP contribution in [0.4, 0.5) is 0 Å². The zero-order chi connectivity index (χ0) is 5.70. The van der Waals surface area contributed by atoms with Gasteiger partial charge in [0.25, 0.3) is 0 Å². The molecule has 0 fully saturated rings. The smallest absolute Gasteiger partial charge is 0.240 e. The predicted octanol–water partition coefficient (Wildman–Crippen LogP) is 0.0587. The van der Waals surface area contributed by atoms with E-state index in [1.165, 1.54) is 0 Å². The summed E-state index contributed by atoms with van der Waals surface area (Å²) >= 11 is -0.236. The molecule has 0 bridgehead atoms. The molecule has 0 heterocycles. The Hall–Kier alpha value is -0.770. The second-order valence-electron chi connectivity index (χ2n) is 0.675. The first kappa shape index (κ1) is 6.23. The first-order valence-electron chi connectivity index (χ1n) is 1.44. The lowest BCUT2D eigenvalue weighted by atomic mass is 10.7. The molecular formula is C3H3O3S+. The van der Waals surface area contributed by atoms with E-state index in [2.05, 4.69) is 10.8 Å². The monoisotopic (exact) mass is 119 g/mol. The third-order valence-corrected chi connectivity index (χ3v) is 0.515. The highest BCUT2D eigenvalue weighted by molar-refractivity contribution is 7.60. The van der Waals surface area contributed by atoms with Gasteiger partial charge in [-0.3, -0.25) is 0 Å². The summed E-state index contributed by atoms with van der Waals surface area (Å²) in [6.07, 6.45) is 0.922. The first-order valence-corrected chi connectivity index (χ1v) is 2.11. The Labute approximate surface area is 44.7 Å². The number of carbonyl (C=O) groups excluding carboxylic acids is 1. The average molecular weight is 119 g/mol. The van der Waals surface area contributed by atoms with Gasteiger partial charge in [-0.15, -0.1) is 4.18 Å². The third kappa shape index (κ3) is 3.05. The quantitative estimate of drug-likeness (QED) is 0.293. The molecule has 0 aliphatic heterocycles. The van der Waals surface area contributed by atoms with Crippen molar-refractivity contribution in [2.24, 2.45) is 0 Å². The van der Waals surface area contributed by atoms with Gasteiger partial charge >= 0.3 is 17.9 Å².